The third-order valence-corrected chi connectivity index (χ3v) is 2.30. The molecule has 2 rings (SSSR count). The van der Waals surface area contributed by atoms with E-state index in [1.807, 2.05) is 12.1 Å². The van der Waals surface area contributed by atoms with Crippen molar-refractivity contribution in [3.63, 3.8) is 0 Å². The number of hydrogen-bond acceptors (Lipinski definition) is 3. The van der Waals surface area contributed by atoms with E-state index in [1.54, 1.807) is 18.2 Å². The summed E-state index contributed by atoms with van der Waals surface area (Å²) in [5, 5.41) is 0.626. The molecule has 15 heavy (non-hydrogen) atoms. The normalized spacial score (nSPS) is 10.0. The summed E-state index contributed by atoms with van der Waals surface area (Å²) in [6.07, 6.45) is 1.42. The Hall–Kier alpha value is -1.13. The summed E-state index contributed by atoms with van der Waals surface area (Å²) in [5.41, 5.74) is 0. The van der Waals surface area contributed by atoms with E-state index in [0.717, 1.165) is 0 Å². The first-order valence-electron chi connectivity index (χ1n) is 4.15. The van der Waals surface area contributed by atoms with E-state index < -0.39 is 0 Å². The highest BCUT2D eigenvalue weighted by Crippen LogP contribution is 2.23. The van der Waals surface area contributed by atoms with Crippen LogP contribution in [0.25, 0.3) is 0 Å². The van der Waals surface area contributed by atoms with Crippen molar-refractivity contribution in [2.75, 3.05) is 0 Å². The Morgan fingerprint density at radius 2 is 2.07 bits per heavy atom. The molecule has 1 heterocycles. The highest BCUT2D eigenvalue weighted by atomic mass is 79.9. The summed E-state index contributed by atoms with van der Waals surface area (Å²) in [4.78, 5) is 7.86. The van der Waals surface area contributed by atoms with Gasteiger partial charge in [-0.25, -0.2) is 9.97 Å². The van der Waals surface area contributed by atoms with Crippen molar-refractivity contribution in [1.82, 2.24) is 9.97 Å². The largest absolute Gasteiger partial charge is 0.439 e. The molecule has 1 aromatic carbocycles. The molecule has 5 heteroatoms. The first-order chi connectivity index (χ1) is 7.24. The number of rotatable bonds is 2. The summed E-state index contributed by atoms with van der Waals surface area (Å²) in [7, 11) is 0. The van der Waals surface area contributed by atoms with Gasteiger partial charge < -0.3 is 4.74 Å². The SMILES string of the molecule is Clc1cccc(Oc2cc(Br)ncn2)c1. The van der Waals surface area contributed by atoms with Crippen LogP contribution in [0.3, 0.4) is 0 Å². The summed E-state index contributed by atoms with van der Waals surface area (Å²) < 4.78 is 6.15. The fraction of sp³-hybridized carbons (Fsp3) is 0. The fourth-order valence-corrected chi connectivity index (χ4v) is 1.49. The van der Waals surface area contributed by atoms with Crippen LogP contribution >= 0.6 is 27.5 Å². The molecule has 0 radical (unpaired) electrons. The highest BCUT2D eigenvalue weighted by Gasteiger charge is 2.00. The topological polar surface area (TPSA) is 35.0 Å². The van der Waals surface area contributed by atoms with E-state index in [0.29, 0.717) is 21.3 Å². The zero-order valence-corrected chi connectivity index (χ0v) is 9.86. The van der Waals surface area contributed by atoms with E-state index in [-0.39, 0.29) is 0 Å². The minimum absolute atomic E-state index is 0.471. The van der Waals surface area contributed by atoms with Gasteiger partial charge in [0.1, 0.15) is 16.7 Å². The van der Waals surface area contributed by atoms with Crippen LogP contribution in [0.1, 0.15) is 0 Å². The van der Waals surface area contributed by atoms with Gasteiger partial charge in [0, 0.05) is 11.1 Å². The van der Waals surface area contributed by atoms with Gasteiger partial charge in [-0.3, -0.25) is 0 Å². The Balaban J connectivity index is 2.22. The molecule has 0 unspecified atom stereocenters. The minimum atomic E-state index is 0.471. The fourth-order valence-electron chi connectivity index (χ4n) is 1.02. The molecule has 0 aliphatic heterocycles. The zero-order valence-electron chi connectivity index (χ0n) is 7.52. The number of hydrogen-bond donors (Lipinski definition) is 0. The lowest BCUT2D eigenvalue weighted by molar-refractivity contribution is 0.461. The monoisotopic (exact) mass is 284 g/mol. The molecule has 0 bridgehead atoms. The summed E-state index contributed by atoms with van der Waals surface area (Å²) in [6.45, 7) is 0. The Morgan fingerprint density at radius 1 is 1.20 bits per heavy atom. The van der Waals surface area contributed by atoms with Crippen molar-refractivity contribution in [2.24, 2.45) is 0 Å². The molecule has 1 aromatic heterocycles. The number of benzene rings is 1. The molecule has 0 amide bonds. The Labute approximate surface area is 100 Å². The second-order valence-corrected chi connectivity index (χ2v) is 3.99. The van der Waals surface area contributed by atoms with E-state index in [4.69, 9.17) is 16.3 Å². The molecule has 0 spiro atoms. The highest BCUT2D eigenvalue weighted by molar-refractivity contribution is 9.10. The number of nitrogens with zero attached hydrogens (tertiary/aromatic N) is 2. The molecule has 3 nitrogen and oxygen atoms in total. The summed E-state index contributed by atoms with van der Waals surface area (Å²) in [5.74, 6) is 1.12. The average molecular weight is 286 g/mol. The van der Waals surface area contributed by atoms with Gasteiger partial charge in [-0.05, 0) is 34.1 Å². The van der Waals surface area contributed by atoms with Crippen molar-refractivity contribution in [3.8, 4) is 11.6 Å². The predicted molar refractivity (Wildman–Crippen MR) is 61.3 cm³/mol. The van der Waals surface area contributed by atoms with Gasteiger partial charge in [-0.2, -0.15) is 0 Å². The smallest absolute Gasteiger partial charge is 0.223 e. The molecule has 0 fully saturated rings. The third-order valence-electron chi connectivity index (χ3n) is 1.63. The van der Waals surface area contributed by atoms with Crippen molar-refractivity contribution >= 4 is 27.5 Å². The summed E-state index contributed by atoms with van der Waals surface area (Å²) >= 11 is 9.05. The molecule has 0 N–H and O–H groups in total. The third kappa shape index (κ3) is 2.91. The lowest BCUT2D eigenvalue weighted by Gasteiger charge is -2.04. The van der Waals surface area contributed by atoms with E-state index >= 15 is 0 Å². The molecule has 0 aliphatic carbocycles. The van der Waals surface area contributed by atoms with E-state index in [9.17, 15) is 0 Å². The van der Waals surface area contributed by atoms with Crippen LogP contribution < -0.4 is 4.74 Å². The first-order valence-corrected chi connectivity index (χ1v) is 5.32. The molecular formula is C10H6BrClN2O. The zero-order chi connectivity index (χ0) is 10.7. The quantitative estimate of drug-likeness (QED) is 0.789. The molecule has 2 aromatic rings. The standard InChI is InChI=1S/C10H6BrClN2O/c11-9-5-10(14-6-13-9)15-8-3-1-2-7(12)4-8/h1-6H. The number of aromatic nitrogens is 2. The van der Waals surface area contributed by atoms with Crippen molar-refractivity contribution < 1.29 is 4.74 Å². The van der Waals surface area contributed by atoms with Crippen LogP contribution in [0.4, 0.5) is 0 Å². The van der Waals surface area contributed by atoms with Gasteiger partial charge >= 0.3 is 0 Å². The van der Waals surface area contributed by atoms with Gasteiger partial charge in [-0.15, -0.1) is 0 Å². The number of halogens is 2. The van der Waals surface area contributed by atoms with Gasteiger partial charge in [0.2, 0.25) is 5.88 Å². The molecular weight excluding hydrogens is 279 g/mol. The van der Waals surface area contributed by atoms with E-state index in [1.165, 1.54) is 6.33 Å². The Bertz CT molecular complexity index is 435. The van der Waals surface area contributed by atoms with Crippen molar-refractivity contribution in [3.05, 3.63) is 46.3 Å². The molecule has 0 saturated carbocycles. The van der Waals surface area contributed by atoms with Crippen LogP contribution in [-0.4, -0.2) is 9.97 Å². The molecule has 0 saturated heterocycles. The molecule has 0 aliphatic rings. The predicted octanol–water partition coefficient (Wildman–Crippen LogP) is 3.68. The molecule has 0 atom stereocenters. The maximum Gasteiger partial charge on any atom is 0.223 e. The second-order valence-electron chi connectivity index (χ2n) is 2.74. The molecule has 76 valence electrons. The maximum absolute atomic E-state index is 5.82. The van der Waals surface area contributed by atoms with Crippen LogP contribution in [0.15, 0.2) is 41.3 Å². The van der Waals surface area contributed by atoms with Crippen LogP contribution in [-0.2, 0) is 0 Å². The van der Waals surface area contributed by atoms with Gasteiger partial charge in [0.05, 0.1) is 0 Å². The van der Waals surface area contributed by atoms with Crippen molar-refractivity contribution in [2.45, 2.75) is 0 Å². The van der Waals surface area contributed by atoms with Crippen LogP contribution in [0, 0.1) is 0 Å². The van der Waals surface area contributed by atoms with E-state index in [2.05, 4.69) is 25.9 Å². The average Bonchev–Trinajstić information content (AvgIpc) is 2.17. The minimum Gasteiger partial charge on any atom is -0.439 e. The lowest BCUT2D eigenvalue weighted by atomic mass is 10.3. The van der Waals surface area contributed by atoms with Gasteiger partial charge in [-0.1, -0.05) is 17.7 Å². The lowest BCUT2D eigenvalue weighted by Crippen LogP contribution is -1.88. The maximum atomic E-state index is 5.82. The van der Waals surface area contributed by atoms with Crippen LogP contribution in [0.5, 0.6) is 11.6 Å². The van der Waals surface area contributed by atoms with Gasteiger partial charge in [0.25, 0.3) is 0 Å². The second kappa shape index (κ2) is 4.59. The van der Waals surface area contributed by atoms with Crippen LogP contribution in [0.2, 0.25) is 5.02 Å². The Kier molecular flexibility index (Phi) is 3.18. The number of ether oxygens (including phenoxy) is 1. The van der Waals surface area contributed by atoms with Crippen molar-refractivity contribution in [1.29, 1.82) is 0 Å². The Morgan fingerprint density at radius 3 is 2.80 bits per heavy atom. The van der Waals surface area contributed by atoms with Gasteiger partial charge in [0.15, 0.2) is 0 Å². The first kappa shape index (κ1) is 10.4. The summed E-state index contributed by atoms with van der Waals surface area (Å²) in [6, 6.07) is 8.80.